The van der Waals surface area contributed by atoms with E-state index in [2.05, 4.69) is 24.1 Å². The van der Waals surface area contributed by atoms with Gasteiger partial charge >= 0.3 is 11.0 Å². The van der Waals surface area contributed by atoms with Crippen LogP contribution in [0.1, 0.15) is 33.1 Å². The Labute approximate surface area is 121 Å². The zero-order valence-corrected chi connectivity index (χ0v) is 12.4. The summed E-state index contributed by atoms with van der Waals surface area (Å²) < 4.78 is 0. The molecule has 20 heavy (non-hydrogen) atoms. The Bertz CT molecular complexity index is 461. The average molecular weight is 301 g/mol. The average Bonchev–Trinajstić information content (AvgIpc) is 2.81. The van der Waals surface area contributed by atoms with Gasteiger partial charge in [-0.25, -0.2) is 4.98 Å². The Kier molecular flexibility index (Phi) is 6.37. The normalized spacial score (nSPS) is 12.3. The molecule has 2 N–H and O–H groups in total. The monoisotopic (exact) mass is 301 g/mol. The quantitative estimate of drug-likeness (QED) is 0.536. The van der Waals surface area contributed by atoms with E-state index in [1.54, 1.807) is 0 Å². The first kappa shape index (κ1) is 16.4. The molecule has 1 atom stereocenters. The third kappa shape index (κ3) is 5.52. The van der Waals surface area contributed by atoms with E-state index in [0.29, 0.717) is 29.9 Å². The Morgan fingerprint density at radius 2 is 2.25 bits per heavy atom. The molecule has 1 unspecified atom stereocenters. The molecule has 1 rings (SSSR count). The first-order valence-electron chi connectivity index (χ1n) is 6.46. The summed E-state index contributed by atoms with van der Waals surface area (Å²) in [4.78, 5) is 24.6. The van der Waals surface area contributed by atoms with Crippen LogP contribution in [-0.4, -0.2) is 27.5 Å². The summed E-state index contributed by atoms with van der Waals surface area (Å²) in [5, 5.41) is 22.8. The molecule has 0 aromatic carbocycles. The number of aromatic nitrogens is 1. The van der Waals surface area contributed by atoms with E-state index in [1.807, 2.05) is 0 Å². The van der Waals surface area contributed by atoms with Crippen molar-refractivity contribution in [1.82, 2.24) is 4.98 Å². The molecule has 0 spiro atoms. The molecule has 0 saturated carbocycles. The fourth-order valence-corrected chi connectivity index (χ4v) is 2.57. The van der Waals surface area contributed by atoms with E-state index in [0.717, 1.165) is 17.8 Å². The second-order valence-electron chi connectivity index (χ2n) is 4.91. The molecule has 1 aromatic heterocycles. The number of carboxylic acids is 1. The number of hydrogen-bond acceptors (Lipinski definition) is 6. The lowest BCUT2D eigenvalue weighted by atomic mass is 9.88. The Morgan fingerprint density at radius 1 is 1.55 bits per heavy atom. The zero-order chi connectivity index (χ0) is 15.1. The van der Waals surface area contributed by atoms with Crippen molar-refractivity contribution >= 4 is 27.4 Å². The van der Waals surface area contributed by atoms with E-state index >= 15 is 0 Å². The van der Waals surface area contributed by atoms with Gasteiger partial charge in [0.05, 0.1) is 4.92 Å². The maximum atomic E-state index is 10.6. The standard InChI is InChI=1S/C12H19N3O4S/c1-8(2)9(3-4-11(16)17)5-6-13-12-14-7-10(20-12)15(18)19/h7-9H,3-6H2,1-2H3,(H,13,14)(H,16,17). The molecular formula is C12H19N3O4S. The smallest absolute Gasteiger partial charge is 0.345 e. The van der Waals surface area contributed by atoms with Gasteiger partial charge in [0.15, 0.2) is 5.13 Å². The van der Waals surface area contributed by atoms with Crippen molar-refractivity contribution in [3.63, 3.8) is 0 Å². The number of aliphatic carboxylic acids is 1. The molecule has 0 saturated heterocycles. The van der Waals surface area contributed by atoms with Crippen molar-refractivity contribution in [1.29, 1.82) is 0 Å². The number of anilines is 1. The molecule has 0 aliphatic rings. The summed E-state index contributed by atoms with van der Waals surface area (Å²) >= 11 is 1.00. The molecule has 7 nitrogen and oxygen atoms in total. The lowest BCUT2D eigenvalue weighted by Gasteiger charge is -2.20. The number of hydrogen-bond donors (Lipinski definition) is 2. The molecule has 0 fully saturated rings. The topological polar surface area (TPSA) is 105 Å². The second kappa shape index (κ2) is 7.78. The number of carbonyl (C=O) groups is 1. The van der Waals surface area contributed by atoms with Crippen LogP contribution < -0.4 is 5.32 Å². The highest BCUT2D eigenvalue weighted by atomic mass is 32.1. The maximum Gasteiger partial charge on any atom is 0.345 e. The lowest BCUT2D eigenvalue weighted by Crippen LogP contribution is -2.15. The molecule has 8 heteroatoms. The fourth-order valence-electron chi connectivity index (χ4n) is 1.92. The molecule has 112 valence electrons. The van der Waals surface area contributed by atoms with Gasteiger partial charge in [0.1, 0.15) is 6.20 Å². The zero-order valence-electron chi connectivity index (χ0n) is 11.5. The van der Waals surface area contributed by atoms with Gasteiger partial charge in [-0.2, -0.15) is 0 Å². The van der Waals surface area contributed by atoms with Crippen molar-refractivity contribution in [3.05, 3.63) is 16.3 Å². The molecule has 0 amide bonds. The van der Waals surface area contributed by atoms with Crippen LogP contribution in [-0.2, 0) is 4.79 Å². The van der Waals surface area contributed by atoms with Crippen molar-refractivity contribution in [3.8, 4) is 0 Å². The highest BCUT2D eigenvalue weighted by Crippen LogP contribution is 2.26. The lowest BCUT2D eigenvalue weighted by molar-refractivity contribution is -0.380. The van der Waals surface area contributed by atoms with Crippen molar-refractivity contribution in [2.45, 2.75) is 33.1 Å². The third-order valence-electron chi connectivity index (χ3n) is 3.14. The second-order valence-corrected chi connectivity index (χ2v) is 5.92. The predicted octanol–water partition coefficient (Wildman–Crippen LogP) is 2.99. The van der Waals surface area contributed by atoms with E-state index in [4.69, 9.17) is 5.11 Å². The Hall–Kier alpha value is -1.70. The van der Waals surface area contributed by atoms with E-state index < -0.39 is 10.9 Å². The van der Waals surface area contributed by atoms with Crippen LogP contribution in [0.25, 0.3) is 0 Å². The van der Waals surface area contributed by atoms with E-state index in [-0.39, 0.29) is 11.4 Å². The van der Waals surface area contributed by atoms with Gasteiger partial charge in [0.2, 0.25) is 0 Å². The summed E-state index contributed by atoms with van der Waals surface area (Å²) in [5.74, 6) is -0.0607. The highest BCUT2D eigenvalue weighted by molar-refractivity contribution is 7.18. The molecule has 1 aromatic rings. The van der Waals surface area contributed by atoms with Gasteiger partial charge in [-0.15, -0.1) is 0 Å². The van der Waals surface area contributed by atoms with Crippen LogP contribution >= 0.6 is 11.3 Å². The van der Waals surface area contributed by atoms with Gasteiger partial charge in [-0.1, -0.05) is 13.8 Å². The summed E-state index contributed by atoms with van der Waals surface area (Å²) in [5.41, 5.74) is 0. The summed E-state index contributed by atoms with van der Waals surface area (Å²) in [6, 6.07) is 0. The van der Waals surface area contributed by atoms with Gasteiger partial charge in [-0.05, 0) is 36.0 Å². The largest absolute Gasteiger partial charge is 0.481 e. The minimum absolute atomic E-state index is 0.0128. The van der Waals surface area contributed by atoms with E-state index in [1.165, 1.54) is 6.20 Å². The first-order valence-corrected chi connectivity index (χ1v) is 7.27. The summed E-state index contributed by atoms with van der Waals surface area (Å²) in [7, 11) is 0. The number of thiazole rings is 1. The number of rotatable bonds is 9. The van der Waals surface area contributed by atoms with Crippen molar-refractivity contribution < 1.29 is 14.8 Å². The maximum absolute atomic E-state index is 10.6. The fraction of sp³-hybridized carbons (Fsp3) is 0.667. The van der Waals surface area contributed by atoms with Crippen LogP contribution in [0.15, 0.2) is 6.20 Å². The summed E-state index contributed by atoms with van der Waals surface area (Å²) in [6.45, 7) is 4.77. The number of nitrogens with zero attached hydrogens (tertiary/aromatic N) is 2. The highest BCUT2D eigenvalue weighted by Gasteiger charge is 2.16. The molecule has 0 aliphatic heterocycles. The van der Waals surface area contributed by atoms with Crippen molar-refractivity contribution in [2.75, 3.05) is 11.9 Å². The predicted molar refractivity (Wildman–Crippen MR) is 77.1 cm³/mol. The molecular weight excluding hydrogens is 282 g/mol. The van der Waals surface area contributed by atoms with Crippen molar-refractivity contribution in [2.24, 2.45) is 11.8 Å². The first-order chi connectivity index (χ1) is 9.40. The Balaban J connectivity index is 2.39. The molecule has 0 radical (unpaired) electrons. The number of nitrogens with one attached hydrogen (secondary N) is 1. The summed E-state index contributed by atoms with van der Waals surface area (Å²) in [6.07, 6.45) is 2.87. The third-order valence-corrected chi connectivity index (χ3v) is 4.04. The van der Waals surface area contributed by atoms with Crippen LogP contribution in [0, 0.1) is 22.0 Å². The van der Waals surface area contributed by atoms with E-state index in [9.17, 15) is 14.9 Å². The van der Waals surface area contributed by atoms with Crippen LogP contribution in [0.5, 0.6) is 0 Å². The van der Waals surface area contributed by atoms with Gasteiger partial charge < -0.3 is 10.4 Å². The van der Waals surface area contributed by atoms with Gasteiger partial charge in [0.25, 0.3) is 0 Å². The van der Waals surface area contributed by atoms with Crippen LogP contribution in [0.3, 0.4) is 0 Å². The van der Waals surface area contributed by atoms with Crippen LogP contribution in [0.2, 0.25) is 0 Å². The van der Waals surface area contributed by atoms with Gasteiger partial charge in [-0.3, -0.25) is 14.9 Å². The Morgan fingerprint density at radius 3 is 2.75 bits per heavy atom. The van der Waals surface area contributed by atoms with Gasteiger partial charge in [0, 0.05) is 13.0 Å². The molecule has 0 bridgehead atoms. The molecule has 1 heterocycles. The number of carboxylic acid groups (broad SMARTS) is 1. The SMILES string of the molecule is CC(C)C(CCNc1ncc([N+](=O)[O-])s1)CCC(=O)O. The van der Waals surface area contributed by atoms with Crippen LogP contribution in [0.4, 0.5) is 10.1 Å². The minimum Gasteiger partial charge on any atom is -0.481 e. The number of nitro groups is 1. The minimum atomic E-state index is -0.779. The molecule has 0 aliphatic carbocycles.